The maximum Gasteiger partial charge on any atom is 0.246 e. The van der Waals surface area contributed by atoms with Crippen LogP contribution in [0.25, 0.3) is 0 Å². The van der Waals surface area contributed by atoms with Gasteiger partial charge in [-0.2, -0.15) is 0 Å². The highest BCUT2D eigenvalue weighted by molar-refractivity contribution is 7.89. The SMILES string of the molecule is C#Cc1cccc(NC(C)C(=O)Nc2ccc(S(N)(=O)=O)cc2)c1. The van der Waals surface area contributed by atoms with Crippen LogP contribution in [-0.4, -0.2) is 20.4 Å². The van der Waals surface area contributed by atoms with E-state index in [1.165, 1.54) is 24.3 Å². The van der Waals surface area contributed by atoms with Crippen molar-refractivity contribution in [1.82, 2.24) is 0 Å². The van der Waals surface area contributed by atoms with Crippen LogP contribution < -0.4 is 15.8 Å². The first kappa shape index (κ1) is 17.5. The molecule has 1 unspecified atom stereocenters. The second-order valence-corrected chi connectivity index (χ2v) is 6.71. The Hall–Kier alpha value is -2.82. The number of hydrogen-bond donors (Lipinski definition) is 3. The molecular weight excluding hydrogens is 326 g/mol. The Kier molecular flexibility index (Phi) is 5.24. The second kappa shape index (κ2) is 7.17. The molecule has 0 fully saturated rings. The third kappa shape index (κ3) is 4.59. The largest absolute Gasteiger partial charge is 0.374 e. The van der Waals surface area contributed by atoms with Crippen molar-refractivity contribution in [3.05, 3.63) is 54.1 Å². The highest BCUT2D eigenvalue weighted by Gasteiger charge is 2.14. The molecule has 2 aromatic carbocycles. The molecule has 0 aliphatic carbocycles. The van der Waals surface area contributed by atoms with Gasteiger partial charge < -0.3 is 10.6 Å². The van der Waals surface area contributed by atoms with Crippen LogP contribution in [0.3, 0.4) is 0 Å². The summed E-state index contributed by atoms with van der Waals surface area (Å²) in [5, 5.41) is 10.8. The van der Waals surface area contributed by atoms with Crippen LogP contribution >= 0.6 is 0 Å². The Bertz CT molecular complexity index is 884. The highest BCUT2D eigenvalue weighted by Crippen LogP contribution is 2.14. The first-order valence-corrected chi connectivity index (χ1v) is 8.61. The molecule has 0 bridgehead atoms. The van der Waals surface area contributed by atoms with Crippen molar-refractivity contribution in [3.63, 3.8) is 0 Å². The van der Waals surface area contributed by atoms with Crippen LogP contribution in [0.2, 0.25) is 0 Å². The fourth-order valence-electron chi connectivity index (χ4n) is 1.99. The van der Waals surface area contributed by atoms with Crippen LogP contribution in [0.1, 0.15) is 12.5 Å². The Morgan fingerprint density at radius 1 is 1.17 bits per heavy atom. The molecular formula is C17H17N3O3S. The molecule has 1 amide bonds. The predicted octanol–water partition coefficient (Wildman–Crippen LogP) is 1.75. The molecule has 0 heterocycles. The summed E-state index contributed by atoms with van der Waals surface area (Å²) >= 11 is 0. The number of sulfonamides is 1. The van der Waals surface area contributed by atoms with Gasteiger partial charge in [-0.1, -0.05) is 12.0 Å². The van der Waals surface area contributed by atoms with E-state index in [0.29, 0.717) is 11.3 Å². The van der Waals surface area contributed by atoms with Crippen LogP contribution in [0, 0.1) is 12.3 Å². The summed E-state index contributed by atoms with van der Waals surface area (Å²) in [6.45, 7) is 1.70. The summed E-state index contributed by atoms with van der Waals surface area (Å²) < 4.78 is 22.4. The van der Waals surface area contributed by atoms with Gasteiger partial charge in [0.05, 0.1) is 4.90 Å². The molecule has 0 spiro atoms. The van der Waals surface area contributed by atoms with E-state index in [2.05, 4.69) is 16.6 Å². The van der Waals surface area contributed by atoms with Crippen LogP contribution in [0.5, 0.6) is 0 Å². The fraction of sp³-hybridized carbons (Fsp3) is 0.118. The number of terminal acetylenes is 1. The van der Waals surface area contributed by atoms with Gasteiger partial charge in [-0.15, -0.1) is 6.42 Å². The fourth-order valence-corrected chi connectivity index (χ4v) is 2.51. The van der Waals surface area contributed by atoms with Gasteiger partial charge in [-0.3, -0.25) is 4.79 Å². The summed E-state index contributed by atoms with van der Waals surface area (Å²) in [4.78, 5) is 12.2. The van der Waals surface area contributed by atoms with Gasteiger partial charge in [0.1, 0.15) is 6.04 Å². The summed E-state index contributed by atoms with van der Waals surface area (Å²) in [5.74, 6) is 2.25. The van der Waals surface area contributed by atoms with Crippen molar-refractivity contribution in [2.24, 2.45) is 5.14 Å². The average Bonchev–Trinajstić information content (AvgIpc) is 2.54. The standard InChI is InChI=1S/C17H17N3O3S/c1-3-13-5-4-6-15(11-13)19-12(2)17(21)20-14-7-9-16(10-8-14)24(18,22)23/h1,4-12,19H,2H3,(H,20,21)(H2,18,22,23). The van der Waals surface area contributed by atoms with Gasteiger partial charge in [0.2, 0.25) is 15.9 Å². The van der Waals surface area contributed by atoms with E-state index < -0.39 is 16.1 Å². The third-order valence-corrected chi connectivity index (χ3v) is 4.19. The van der Waals surface area contributed by atoms with E-state index in [-0.39, 0.29) is 10.8 Å². The molecule has 2 aromatic rings. The molecule has 24 heavy (non-hydrogen) atoms. The Balaban J connectivity index is 2.02. The van der Waals surface area contributed by atoms with Crippen molar-refractivity contribution in [3.8, 4) is 12.3 Å². The minimum atomic E-state index is -3.75. The van der Waals surface area contributed by atoms with E-state index in [9.17, 15) is 13.2 Å². The van der Waals surface area contributed by atoms with Crippen molar-refractivity contribution < 1.29 is 13.2 Å². The first-order valence-electron chi connectivity index (χ1n) is 7.06. The van der Waals surface area contributed by atoms with Gasteiger partial charge >= 0.3 is 0 Å². The molecule has 0 aliphatic heterocycles. The number of carbonyl (C=O) groups is 1. The quantitative estimate of drug-likeness (QED) is 0.720. The maximum atomic E-state index is 12.2. The number of rotatable bonds is 5. The number of primary sulfonamides is 1. The molecule has 0 radical (unpaired) electrons. The first-order chi connectivity index (χ1) is 11.3. The number of benzene rings is 2. The van der Waals surface area contributed by atoms with E-state index in [1.54, 1.807) is 25.1 Å². The molecule has 0 saturated heterocycles. The van der Waals surface area contributed by atoms with Gasteiger partial charge in [0.15, 0.2) is 0 Å². The van der Waals surface area contributed by atoms with E-state index in [4.69, 9.17) is 11.6 Å². The molecule has 2 rings (SSSR count). The van der Waals surface area contributed by atoms with Gasteiger partial charge in [-0.25, -0.2) is 13.6 Å². The molecule has 1 atom stereocenters. The van der Waals surface area contributed by atoms with Crippen molar-refractivity contribution in [1.29, 1.82) is 0 Å². The zero-order valence-electron chi connectivity index (χ0n) is 13.0. The molecule has 6 nitrogen and oxygen atoms in total. The number of amides is 1. The Morgan fingerprint density at radius 2 is 1.83 bits per heavy atom. The Labute approximate surface area is 141 Å². The number of nitrogens with one attached hydrogen (secondary N) is 2. The van der Waals surface area contributed by atoms with Crippen molar-refractivity contribution in [2.75, 3.05) is 10.6 Å². The topological polar surface area (TPSA) is 101 Å². The van der Waals surface area contributed by atoms with E-state index in [0.717, 1.165) is 5.69 Å². The summed E-state index contributed by atoms with van der Waals surface area (Å²) in [7, 11) is -3.75. The zero-order valence-corrected chi connectivity index (χ0v) is 13.8. The molecule has 4 N–H and O–H groups in total. The van der Waals surface area contributed by atoms with Gasteiger partial charge in [0.25, 0.3) is 0 Å². The molecule has 0 aromatic heterocycles. The molecule has 124 valence electrons. The van der Waals surface area contributed by atoms with E-state index in [1.807, 2.05) is 6.07 Å². The molecule has 7 heteroatoms. The summed E-state index contributed by atoms with van der Waals surface area (Å²) in [6.07, 6.45) is 5.35. The number of anilines is 2. The van der Waals surface area contributed by atoms with Crippen molar-refractivity contribution >= 4 is 27.3 Å². The molecule has 0 aliphatic rings. The lowest BCUT2D eigenvalue weighted by Gasteiger charge is -2.15. The normalized spacial score (nSPS) is 12.0. The maximum absolute atomic E-state index is 12.2. The number of hydrogen-bond acceptors (Lipinski definition) is 4. The Morgan fingerprint density at radius 3 is 2.42 bits per heavy atom. The lowest BCUT2D eigenvalue weighted by molar-refractivity contribution is -0.116. The summed E-state index contributed by atoms with van der Waals surface area (Å²) in [6, 6.07) is 12.3. The molecule has 0 saturated carbocycles. The zero-order chi connectivity index (χ0) is 17.7. The van der Waals surface area contributed by atoms with Gasteiger partial charge in [0, 0.05) is 16.9 Å². The highest BCUT2D eigenvalue weighted by atomic mass is 32.2. The monoisotopic (exact) mass is 343 g/mol. The predicted molar refractivity (Wildman–Crippen MR) is 93.9 cm³/mol. The average molecular weight is 343 g/mol. The van der Waals surface area contributed by atoms with Crippen LogP contribution in [0.4, 0.5) is 11.4 Å². The second-order valence-electron chi connectivity index (χ2n) is 5.15. The lowest BCUT2D eigenvalue weighted by atomic mass is 10.2. The minimum Gasteiger partial charge on any atom is -0.374 e. The smallest absolute Gasteiger partial charge is 0.246 e. The van der Waals surface area contributed by atoms with Gasteiger partial charge in [-0.05, 0) is 49.4 Å². The lowest BCUT2D eigenvalue weighted by Crippen LogP contribution is -2.31. The van der Waals surface area contributed by atoms with Crippen LogP contribution in [-0.2, 0) is 14.8 Å². The number of nitrogens with two attached hydrogens (primary N) is 1. The van der Waals surface area contributed by atoms with E-state index >= 15 is 0 Å². The van der Waals surface area contributed by atoms with Crippen molar-refractivity contribution in [2.45, 2.75) is 17.9 Å². The van der Waals surface area contributed by atoms with Crippen LogP contribution in [0.15, 0.2) is 53.4 Å². The summed E-state index contributed by atoms with van der Waals surface area (Å²) in [5.41, 5.74) is 1.92. The minimum absolute atomic E-state index is 0.0160. The number of carbonyl (C=O) groups excluding carboxylic acids is 1. The third-order valence-electron chi connectivity index (χ3n) is 3.26.